The number of pyridine rings is 1. The van der Waals surface area contributed by atoms with E-state index in [0.717, 1.165) is 22.7 Å². The highest BCUT2D eigenvalue weighted by Crippen LogP contribution is 2.31. The molecule has 0 radical (unpaired) electrons. The van der Waals surface area contributed by atoms with E-state index in [2.05, 4.69) is 20.3 Å². The van der Waals surface area contributed by atoms with Gasteiger partial charge in [0.1, 0.15) is 5.01 Å². The van der Waals surface area contributed by atoms with Gasteiger partial charge in [0, 0.05) is 23.5 Å². The summed E-state index contributed by atoms with van der Waals surface area (Å²) in [5, 5.41) is 13.2. The lowest BCUT2D eigenvalue weighted by atomic mass is 10.1. The zero-order valence-electron chi connectivity index (χ0n) is 11.9. The van der Waals surface area contributed by atoms with Crippen LogP contribution in [0, 0.1) is 0 Å². The Morgan fingerprint density at radius 3 is 2.25 bits per heavy atom. The third-order valence-electron chi connectivity index (χ3n) is 3.39. The second-order valence-corrected chi connectivity index (χ2v) is 5.89. The standard InChI is InChI=1S/C15H8F3N5S/c16-15(17,18)11-3-1-9(2-4-11)12-20-21-14-23(12)22-13(24-14)10-5-7-19-8-6-10/h1-8H. The Balaban J connectivity index is 1.76. The van der Waals surface area contributed by atoms with Crippen molar-refractivity contribution in [3.63, 3.8) is 0 Å². The fourth-order valence-electron chi connectivity index (χ4n) is 2.22. The highest BCUT2D eigenvalue weighted by Gasteiger charge is 2.30. The second kappa shape index (κ2) is 5.38. The molecule has 0 aliphatic heterocycles. The van der Waals surface area contributed by atoms with Crippen LogP contribution >= 0.6 is 11.3 Å². The molecule has 4 aromatic rings. The first-order valence-corrected chi connectivity index (χ1v) is 7.64. The van der Waals surface area contributed by atoms with E-state index in [1.54, 1.807) is 12.4 Å². The molecular formula is C15H8F3N5S. The van der Waals surface area contributed by atoms with Crippen LogP contribution in [0.3, 0.4) is 0 Å². The Morgan fingerprint density at radius 2 is 1.58 bits per heavy atom. The fourth-order valence-corrected chi connectivity index (χ4v) is 3.06. The van der Waals surface area contributed by atoms with Crippen LogP contribution in [0.25, 0.3) is 26.9 Å². The topological polar surface area (TPSA) is 56.0 Å². The lowest BCUT2D eigenvalue weighted by Gasteiger charge is -2.06. The largest absolute Gasteiger partial charge is 0.416 e. The van der Waals surface area contributed by atoms with Gasteiger partial charge in [-0.3, -0.25) is 4.98 Å². The maximum Gasteiger partial charge on any atom is 0.416 e. The van der Waals surface area contributed by atoms with Crippen LogP contribution < -0.4 is 0 Å². The van der Waals surface area contributed by atoms with Gasteiger partial charge in [0.05, 0.1) is 5.56 Å². The number of benzene rings is 1. The van der Waals surface area contributed by atoms with Crippen LogP contribution in [-0.2, 0) is 6.18 Å². The molecule has 120 valence electrons. The lowest BCUT2D eigenvalue weighted by molar-refractivity contribution is -0.137. The van der Waals surface area contributed by atoms with Crippen molar-refractivity contribution in [1.29, 1.82) is 0 Å². The summed E-state index contributed by atoms with van der Waals surface area (Å²) in [7, 11) is 0. The molecule has 5 nitrogen and oxygen atoms in total. The Kier molecular flexibility index (Phi) is 3.31. The van der Waals surface area contributed by atoms with Crippen LogP contribution in [0.15, 0.2) is 48.8 Å². The first-order valence-electron chi connectivity index (χ1n) is 6.83. The zero-order valence-corrected chi connectivity index (χ0v) is 12.7. The van der Waals surface area contributed by atoms with Crippen molar-refractivity contribution < 1.29 is 13.2 Å². The number of hydrogen-bond acceptors (Lipinski definition) is 5. The molecule has 0 unspecified atom stereocenters. The maximum atomic E-state index is 12.7. The first kappa shape index (κ1) is 14.8. The minimum absolute atomic E-state index is 0.398. The van der Waals surface area contributed by atoms with E-state index in [-0.39, 0.29) is 0 Å². The van der Waals surface area contributed by atoms with Gasteiger partial charge in [-0.2, -0.15) is 22.8 Å². The Labute approximate surface area is 137 Å². The highest BCUT2D eigenvalue weighted by atomic mass is 32.1. The van der Waals surface area contributed by atoms with Crippen LogP contribution in [0.1, 0.15) is 5.56 Å². The van der Waals surface area contributed by atoms with E-state index in [0.29, 0.717) is 16.3 Å². The van der Waals surface area contributed by atoms with Gasteiger partial charge in [0.15, 0.2) is 5.82 Å². The number of fused-ring (bicyclic) bond motifs is 1. The van der Waals surface area contributed by atoms with Gasteiger partial charge in [0.2, 0.25) is 4.96 Å². The SMILES string of the molecule is FC(F)(F)c1ccc(-c2nnc3sc(-c4ccncc4)nn23)cc1. The fraction of sp³-hybridized carbons (Fsp3) is 0.0667. The second-order valence-electron chi connectivity index (χ2n) is 4.94. The van der Waals surface area contributed by atoms with E-state index in [9.17, 15) is 13.2 Å². The van der Waals surface area contributed by atoms with Crippen molar-refractivity contribution in [3.8, 4) is 22.0 Å². The first-order chi connectivity index (χ1) is 11.5. The summed E-state index contributed by atoms with van der Waals surface area (Å²) in [6.07, 6.45) is -1.04. The Morgan fingerprint density at radius 1 is 0.875 bits per heavy atom. The molecule has 0 saturated heterocycles. The smallest absolute Gasteiger partial charge is 0.265 e. The highest BCUT2D eigenvalue weighted by molar-refractivity contribution is 7.19. The Bertz CT molecular complexity index is 990. The minimum atomic E-state index is -4.37. The van der Waals surface area contributed by atoms with Crippen LogP contribution in [-0.4, -0.2) is 24.8 Å². The molecule has 0 spiro atoms. The summed E-state index contributed by atoms with van der Waals surface area (Å²) < 4.78 is 39.5. The van der Waals surface area contributed by atoms with Crippen LogP contribution in [0.5, 0.6) is 0 Å². The average molecular weight is 347 g/mol. The number of halogens is 3. The van der Waals surface area contributed by atoms with E-state index >= 15 is 0 Å². The zero-order chi connectivity index (χ0) is 16.7. The van der Waals surface area contributed by atoms with Crippen molar-refractivity contribution in [2.45, 2.75) is 6.18 Å². The number of hydrogen-bond donors (Lipinski definition) is 0. The van der Waals surface area contributed by atoms with Crippen molar-refractivity contribution in [3.05, 3.63) is 54.4 Å². The van der Waals surface area contributed by atoms with Crippen molar-refractivity contribution in [1.82, 2.24) is 24.8 Å². The molecule has 9 heteroatoms. The van der Waals surface area contributed by atoms with Crippen molar-refractivity contribution in [2.24, 2.45) is 0 Å². The molecular weight excluding hydrogens is 339 g/mol. The monoisotopic (exact) mass is 347 g/mol. The van der Waals surface area contributed by atoms with Gasteiger partial charge < -0.3 is 0 Å². The predicted molar refractivity (Wildman–Crippen MR) is 82.3 cm³/mol. The average Bonchev–Trinajstić information content (AvgIpc) is 3.15. The molecule has 0 fully saturated rings. The molecule has 0 amide bonds. The summed E-state index contributed by atoms with van der Waals surface area (Å²) in [4.78, 5) is 4.52. The van der Waals surface area contributed by atoms with E-state index in [1.807, 2.05) is 12.1 Å². The molecule has 3 heterocycles. The van der Waals surface area contributed by atoms with Gasteiger partial charge >= 0.3 is 6.18 Å². The van der Waals surface area contributed by atoms with E-state index in [4.69, 9.17) is 0 Å². The number of nitrogens with zero attached hydrogens (tertiary/aromatic N) is 5. The molecule has 0 atom stereocenters. The molecule has 0 bridgehead atoms. The van der Waals surface area contributed by atoms with E-state index in [1.165, 1.54) is 28.0 Å². The molecule has 0 aliphatic rings. The summed E-state index contributed by atoms with van der Waals surface area (Å²) in [5.74, 6) is 0.398. The molecule has 1 aromatic carbocycles. The maximum absolute atomic E-state index is 12.7. The third kappa shape index (κ3) is 2.52. The van der Waals surface area contributed by atoms with Crippen molar-refractivity contribution in [2.75, 3.05) is 0 Å². The summed E-state index contributed by atoms with van der Waals surface area (Å²) >= 11 is 1.34. The van der Waals surface area contributed by atoms with Crippen LogP contribution in [0.2, 0.25) is 0 Å². The van der Waals surface area contributed by atoms with Crippen molar-refractivity contribution >= 4 is 16.3 Å². The number of alkyl halides is 3. The lowest BCUT2D eigenvalue weighted by Crippen LogP contribution is -2.04. The minimum Gasteiger partial charge on any atom is -0.265 e. The third-order valence-corrected chi connectivity index (χ3v) is 4.34. The molecule has 0 N–H and O–H groups in total. The summed E-state index contributed by atoms with van der Waals surface area (Å²) in [6, 6.07) is 8.42. The quantitative estimate of drug-likeness (QED) is 0.551. The summed E-state index contributed by atoms with van der Waals surface area (Å²) in [5.41, 5.74) is 0.698. The van der Waals surface area contributed by atoms with Gasteiger partial charge in [-0.25, -0.2) is 0 Å². The molecule has 24 heavy (non-hydrogen) atoms. The summed E-state index contributed by atoms with van der Waals surface area (Å²) in [6.45, 7) is 0. The van der Waals surface area contributed by atoms with Gasteiger partial charge in [-0.05, 0) is 24.3 Å². The Hall–Kier alpha value is -2.81. The van der Waals surface area contributed by atoms with Gasteiger partial charge in [-0.15, -0.1) is 10.2 Å². The molecule has 0 aliphatic carbocycles. The van der Waals surface area contributed by atoms with Crippen LogP contribution in [0.4, 0.5) is 13.2 Å². The number of aromatic nitrogens is 5. The molecule has 3 aromatic heterocycles. The van der Waals surface area contributed by atoms with E-state index < -0.39 is 11.7 Å². The van der Waals surface area contributed by atoms with Gasteiger partial charge in [0.25, 0.3) is 0 Å². The van der Waals surface area contributed by atoms with Gasteiger partial charge in [-0.1, -0.05) is 23.5 Å². The molecule has 0 saturated carbocycles. The predicted octanol–water partition coefficient (Wildman–Crippen LogP) is 3.93. The number of rotatable bonds is 2. The normalized spacial score (nSPS) is 12.0. The molecule has 4 rings (SSSR count).